The van der Waals surface area contributed by atoms with Gasteiger partial charge in [0, 0.05) is 28.7 Å². The molecule has 5 heteroatoms. The van der Waals surface area contributed by atoms with Crippen LogP contribution >= 0.6 is 11.8 Å². The summed E-state index contributed by atoms with van der Waals surface area (Å²) in [7, 11) is 0. The zero-order chi connectivity index (χ0) is 15.5. The second kappa shape index (κ2) is 6.40. The molecule has 0 aliphatic heterocycles. The Kier molecular flexibility index (Phi) is 4.34. The van der Waals surface area contributed by atoms with E-state index in [1.807, 2.05) is 16.9 Å². The normalized spacial score (nSPS) is 12.5. The van der Waals surface area contributed by atoms with E-state index < -0.39 is 0 Å². The number of rotatable bonds is 5. The van der Waals surface area contributed by atoms with Gasteiger partial charge in [-0.2, -0.15) is 5.10 Å². The molecular formula is C17H20N4S. The first-order chi connectivity index (χ1) is 10.7. The number of hydrogen-bond donors (Lipinski definition) is 1. The Bertz CT molecular complexity index is 768. The second-order valence-electron chi connectivity index (χ2n) is 5.48. The fraction of sp³-hybridized carbons (Fsp3) is 0.294. The van der Waals surface area contributed by atoms with E-state index in [2.05, 4.69) is 54.8 Å². The number of aromatic nitrogens is 3. The lowest BCUT2D eigenvalue weighted by Crippen LogP contribution is -2.22. The molecule has 0 bridgehead atoms. The lowest BCUT2D eigenvalue weighted by Gasteiger charge is -2.16. The molecule has 1 N–H and O–H groups in total. The van der Waals surface area contributed by atoms with Crippen molar-refractivity contribution < 1.29 is 0 Å². The van der Waals surface area contributed by atoms with Crippen LogP contribution in [0, 0.1) is 6.92 Å². The summed E-state index contributed by atoms with van der Waals surface area (Å²) >= 11 is 1.74. The number of thioether (sulfide) groups is 1. The average Bonchev–Trinajstić information content (AvgIpc) is 2.99. The molecule has 1 unspecified atom stereocenters. The predicted molar refractivity (Wildman–Crippen MR) is 93.6 cm³/mol. The van der Waals surface area contributed by atoms with Crippen LogP contribution in [0.15, 0.2) is 47.6 Å². The van der Waals surface area contributed by atoms with Gasteiger partial charge in [-0.1, -0.05) is 6.07 Å². The fourth-order valence-electron chi connectivity index (χ4n) is 2.57. The summed E-state index contributed by atoms with van der Waals surface area (Å²) in [6, 6.07) is 10.8. The van der Waals surface area contributed by atoms with Crippen LogP contribution in [-0.4, -0.2) is 27.1 Å². The van der Waals surface area contributed by atoms with Crippen LogP contribution in [0.3, 0.4) is 0 Å². The van der Waals surface area contributed by atoms with Crippen molar-refractivity contribution in [3.63, 3.8) is 0 Å². The molecule has 114 valence electrons. The van der Waals surface area contributed by atoms with Crippen molar-refractivity contribution in [3.05, 3.63) is 48.3 Å². The Morgan fingerprint density at radius 1 is 1.32 bits per heavy atom. The van der Waals surface area contributed by atoms with Crippen molar-refractivity contribution in [3.8, 4) is 0 Å². The van der Waals surface area contributed by atoms with Gasteiger partial charge in [0.25, 0.3) is 0 Å². The van der Waals surface area contributed by atoms with E-state index in [-0.39, 0.29) is 6.04 Å². The van der Waals surface area contributed by atoms with Crippen LogP contribution in [0.4, 0.5) is 5.82 Å². The topological polar surface area (TPSA) is 42.7 Å². The van der Waals surface area contributed by atoms with Crippen LogP contribution in [0.1, 0.15) is 12.5 Å². The van der Waals surface area contributed by atoms with Crippen LogP contribution in [-0.2, 0) is 6.54 Å². The summed E-state index contributed by atoms with van der Waals surface area (Å²) in [4.78, 5) is 6.00. The van der Waals surface area contributed by atoms with Gasteiger partial charge in [-0.05, 0) is 49.9 Å². The summed E-state index contributed by atoms with van der Waals surface area (Å²) < 4.78 is 1.93. The van der Waals surface area contributed by atoms with Gasteiger partial charge < -0.3 is 5.32 Å². The van der Waals surface area contributed by atoms with Crippen LogP contribution < -0.4 is 5.32 Å². The monoisotopic (exact) mass is 312 g/mol. The molecule has 3 aromatic rings. The van der Waals surface area contributed by atoms with Gasteiger partial charge in [0.1, 0.15) is 5.82 Å². The van der Waals surface area contributed by atoms with E-state index >= 15 is 0 Å². The molecule has 1 atom stereocenters. The summed E-state index contributed by atoms with van der Waals surface area (Å²) in [5.41, 5.74) is 2.28. The maximum absolute atomic E-state index is 4.76. The zero-order valence-corrected chi connectivity index (χ0v) is 13.9. The standard InChI is InChI=1S/C17H20N4S/c1-12-9-17(19-13(2)11-21-8-4-7-18-21)20-16-10-14(22-3)5-6-15(12)16/h4-10,13H,11H2,1-3H3,(H,19,20). The molecule has 0 fully saturated rings. The molecule has 0 radical (unpaired) electrons. The largest absolute Gasteiger partial charge is 0.366 e. The highest BCUT2D eigenvalue weighted by Crippen LogP contribution is 2.25. The van der Waals surface area contributed by atoms with Gasteiger partial charge in [0.05, 0.1) is 12.1 Å². The van der Waals surface area contributed by atoms with Crippen molar-refractivity contribution in [1.29, 1.82) is 0 Å². The number of fused-ring (bicyclic) bond motifs is 1. The number of benzene rings is 1. The Labute approximate surface area is 134 Å². The van der Waals surface area contributed by atoms with Gasteiger partial charge in [-0.3, -0.25) is 4.68 Å². The van der Waals surface area contributed by atoms with E-state index in [1.54, 1.807) is 18.0 Å². The van der Waals surface area contributed by atoms with Crippen LogP contribution in [0.2, 0.25) is 0 Å². The highest BCUT2D eigenvalue weighted by molar-refractivity contribution is 7.98. The zero-order valence-electron chi connectivity index (χ0n) is 13.1. The average molecular weight is 312 g/mol. The van der Waals surface area contributed by atoms with Gasteiger partial charge >= 0.3 is 0 Å². The Morgan fingerprint density at radius 3 is 2.91 bits per heavy atom. The number of pyridine rings is 1. The highest BCUT2D eigenvalue weighted by atomic mass is 32.2. The molecule has 2 heterocycles. The first kappa shape index (κ1) is 14.9. The molecular weight excluding hydrogens is 292 g/mol. The molecule has 1 aromatic carbocycles. The third-order valence-corrected chi connectivity index (χ3v) is 4.36. The maximum Gasteiger partial charge on any atom is 0.127 e. The van der Waals surface area contributed by atoms with Crippen molar-refractivity contribution in [2.24, 2.45) is 0 Å². The van der Waals surface area contributed by atoms with Gasteiger partial charge in [-0.25, -0.2) is 4.98 Å². The third kappa shape index (κ3) is 3.25. The number of nitrogens with one attached hydrogen (secondary N) is 1. The van der Waals surface area contributed by atoms with Crippen LogP contribution in [0.5, 0.6) is 0 Å². The Hall–Kier alpha value is -2.01. The maximum atomic E-state index is 4.76. The smallest absolute Gasteiger partial charge is 0.127 e. The van der Waals surface area contributed by atoms with E-state index in [1.165, 1.54) is 15.8 Å². The highest BCUT2D eigenvalue weighted by Gasteiger charge is 2.07. The molecule has 0 aliphatic rings. The minimum atomic E-state index is 0.257. The van der Waals surface area contributed by atoms with Crippen LogP contribution in [0.25, 0.3) is 10.9 Å². The lowest BCUT2D eigenvalue weighted by molar-refractivity contribution is 0.560. The fourth-order valence-corrected chi connectivity index (χ4v) is 3.00. The summed E-state index contributed by atoms with van der Waals surface area (Å²) in [5.74, 6) is 0.919. The molecule has 4 nitrogen and oxygen atoms in total. The molecule has 0 amide bonds. The van der Waals surface area contributed by atoms with E-state index in [9.17, 15) is 0 Å². The molecule has 2 aromatic heterocycles. The van der Waals surface area contributed by atoms with Gasteiger partial charge in [0.2, 0.25) is 0 Å². The number of aryl methyl sites for hydroxylation is 1. The minimum Gasteiger partial charge on any atom is -0.366 e. The predicted octanol–water partition coefficient (Wildman–Crippen LogP) is 3.96. The number of nitrogens with zero attached hydrogens (tertiary/aromatic N) is 3. The molecule has 3 rings (SSSR count). The number of hydrogen-bond acceptors (Lipinski definition) is 4. The van der Waals surface area contributed by atoms with Gasteiger partial charge in [-0.15, -0.1) is 11.8 Å². The molecule has 22 heavy (non-hydrogen) atoms. The SMILES string of the molecule is CSc1ccc2c(C)cc(NC(C)Cn3cccn3)nc2c1. The first-order valence-electron chi connectivity index (χ1n) is 7.35. The van der Waals surface area contributed by atoms with E-state index in [0.717, 1.165) is 17.9 Å². The second-order valence-corrected chi connectivity index (χ2v) is 6.36. The van der Waals surface area contributed by atoms with Crippen molar-refractivity contribution in [1.82, 2.24) is 14.8 Å². The summed E-state index contributed by atoms with van der Waals surface area (Å²) in [6.07, 6.45) is 5.86. The Balaban J connectivity index is 1.84. The minimum absolute atomic E-state index is 0.257. The van der Waals surface area contributed by atoms with Crippen molar-refractivity contribution >= 4 is 28.5 Å². The van der Waals surface area contributed by atoms with E-state index in [4.69, 9.17) is 4.98 Å². The molecule has 0 spiro atoms. The first-order valence-corrected chi connectivity index (χ1v) is 8.57. The van der Waals surface area contributed by atoms with Gasteiger partial charge in [0.15, 0.2) is 0 Å². The quantitative estimate of drug-likeness (QED) is 0.724. The molecule has 0 aliphatic carbocycles. The van der Waals surface area contributed by atoms with Crippen molar-refractivity contribution in [2.45, 2.75) is 31.3 Å². The summed E-state index contributed by atoms with van der Waals surface area (Å²) in [5, 5.41) is 8.92. The van der Waals surface area contributed by atoms with E-state index in [0.29, 0.717) is 0 Å². The van der Waals surface area contributed by atoms with Crippen molar-refractivity contribution in [2.75, 3.05) is 11.6 Å². The summed E-state index contributed by atoms with van der Waals surface area (Å²) in [6.45, 7) is 5.09. The number of anilines is 1. The lowest BCUT2D eigenvalue weighted by atomic mass is 10.1. The molecule has 0 saturated heterocycles. The Morgan fingerprint density at radius 2 is 2.18 bits per heavy atom. The third-order valence-electron chi connectivity index (χ3n) is 3.64. The molecule has 0 saturated carbocycles.